The first-order valence-corrected chi connectivity index (χ1v) is 6.05. The summed E-state index contributed by atoms with van der Waals surface area (Å²) in [4.78, 5) is 15.0. The van der Waals surface area contributed by atoms with Gasteiger partial charge in [0.15, 0.2) is 0 Å². The number of aryl methyl sites for hydroxylation is 1. The molecule has 0 saturated carbocycles. The molecule has 0 unspecified atom stereocenters. The van der Waals surface area contributed by atoms with E-state index in [0.717, 1.165) is 37.7 Å². The van der Waals surface area contributed by atoms with Gasteiger partial charge in [0, 0.05) is 19.5 Å². The van der Waals surface area contributed by atoms with Gasteiger partial charge >= 0.3 is 0 Å². The Morgan fingerprint density at radius 2 is 1.88 bits per heavy atom. The zero-order valence-electron chi connectivity index (χ0n) is 9.82. The number of rotatable bonds is 3. The van der Waals surface area contributed by atoms with E-state index in [1.54, 1.807) is 0 Å². The minimum Gasteiger partial charge on any atom is -0.368 e. The molecule has 5 heteroatoms. The lowest BCUT2D eigenvalue weighted by Crippen LogP contribution is -2.31. The van der Waals surface area contributed by atoms with E-state index >= 15 is 0 Å². The van der Waals surface area contributed by atoms with Gasteiger partial charge in [-0.2, -0.15) is 15.0 Å². The molecule has 1 aliphatic rings. The summed E-state index contributed by atoms with van der Waals surface area (Å²) in [5, 5.41) is 0. The van der Waals surface area contributed by atoms with Crippen LogP contribution in [0.25, 0.3) is 0 Å². The zero-order chi connectivity index (χ0) is 11.4. The van der Waals surface area contributed by atoms with Gasteiger partial charge < -0.3 is 10.6 Å². The fourth-order valence-corrected chi connectivity index (χ4v) is 2.00. The maximum Gasteiger partial charge on any atom is 0.230 e. The molecular weight excluding hydrogens is 202 g/mol. The van der Waals surface area contributed by atoms with Crippen LogP contribution in [0.5, 0.6) is 0 Å². The quantitative estimate of drug-likeness (QED) is 0.835. The van der Waals surface area contributed by atoms with Gasteiger partial charge in [-0.15, -0.1) is 0 Å². The molecule has 16 heavy (non-hydrogen) atoms. The van der Waals surface area contributed by atoms with Gasteiger partial charge in [-0.1, -0.05) is 6.92 Å². The fraction of sp³-hybridized carbons (Fsp3) is 0.727. The Hall–Kier alpha value is -1.39. The van der Waals surface area contributed by atoms with Crippen LogP contribution in [-0.2, 0) is 6.42 Å². The van der Waals surface area contributed by atoms with Crippen molar-refractivity contribution in [1.29, 1.82) is 0 Å². The Labute approximate surface area is 96.1 Å². The normalized spacial score (nSPS) is 16.4. The number of piperidine rings is 1. The minimum absolute atomic E-state index is 0.346. The van der Waals surface area contributed by atoms with Crippen LogP contribution < -0.4 is 10.6 Å². The number of anilines is 2. The van der Waals surface area contributed by atoms with Gasteiger partial charge in [-0.25, -0.2) is 0 Å². The Morgan fingerprint density at radius 1 is 1.12 bits per heavy atom. The number of hydrogen-bond acceptors (Lipinski definition) is 5. The lowest BCUT2D eigenvalue weighted by molar-refractivity contribution is 0.566. The lowest BCUT2D eigenvalue weighted by atomic mass is 10.1. The average Bonchev–Trinajstić information content (AvgIpc) is 2.30. The second kappa shape index (κ2) is 5.09. The van der Waals surface area contributed by atoms with Crippen molar-refractivity contribution >= 4 is 11.9 Å². The molecule has 1 aliphatic heterocycles. The van der Waals surface area contributed by atoms with E-state index < -0.39 is 0 Å². The molecule has 0 atom stereocenters. The van der Waals surface area contributed by atoms with Crippen LogP contribution >= 0.6 is 0 Å². The van der Waals surface area contributed by atoms with Gasteiger partial charge in [-0.05, 0) is 25.7 Å². The van der Waals surface area contributed by atoms with Crippen LogP contribution in [0.3, 0.4) is 0 Å². The number of aromatic nitrogens is 3. The molecule has 2 rings (SSSR count). The first-order valence-electron chi connectivity index (χ1n) is 6.05. The molecule has 88 valence electrons. The smallest absolute Gasteiger partial charge is 0.230 e. The third kappa shape index (κ3) is 2.59. The van der Waals surface area contributed by atoms with Crippen molar-refractivity contribution in [1.82, 2.24) is 15.0 Å². The van der Waals surface area contributed by atoms with E-state index in [2.05, 4.69) is 26.8 Å². The molecule has 5 nitrogen and oxygen atoms in total. The number of nitrogen functional groups attached to an aromatic ring is 1. The predicted octanol–water partition coefficient (Wildman–Crippen LogP) is 1.40. The van der Waals surface area contributed by atoms with Crippen molar-refractivity contribution in [2.45, 2.75) is 39.0 Å². The molecule has 2 N–H and O–H groups in total. The van der Waals surface area contributed by atoms with E-state index in [1.165, 1.54) is 19.3 Å². The van der Waals surface area contributed by atoms with Crippen molar-refractivity contribution < 1.29 is 0 Å². The molecule has 2 heterocycles. The highest BCUT2D eigenvalue weighted by Gasteiger charge is 2.15. The van der Waals surface area contributed by atoms with E-state index in [4.69, 9.17) is 5.73 Å². The summed E-state index contributed by atoms with van der Waals surface area (Å²) in [7, 11) is 0. The SMILES string of the molecule is CCCc1nc(N)nc(N2CCCCC2)n1. The van der Waals surface area contributed by atoms with Gasteiger partial charge in [0.25, 0.3) is 0 Å². The average molecular weight is 221 g/mol. The maximum atomic E-state index is 5.71. The maximum absolute atomic E-state index is 5.71. The Morgan fingerprint density at radius 3 is 2.56 bits per heavy atom. The second-order valence-corrected chi connectivity index (χ2v) is 4.21. The van der Waals surface area contributed by atoms with Crippen molar-refractivity contribution in [3.63, 3.8) is 0 Å². The molecule has 0 spiro atoms. The molecule has 0 aliphatic carbocycles. The topological polar surface area (TPSA) is 67.9 Å². The van der Waals surface area contributed by atoms with E-state index in [1.807, 2.05) is 0 Å². The van der Waals surface area contributed by atoms with Crippen LogP contribution in [0.4, 0.5) is 11.9 Å². The van der Waals surface area contributed by atoms with Gasteiger partial charge in [0.05, 0.1) is 0 Å². The molecule has 1 fully saturated rings. The first kappa shape index (κ1) is 11.1. The Kier molecular flexibility index (Phi) is 3.54. The molecule has 0 bridgehead atoms. The van der Waals surface area contributed by atoms with E-state index in [0.29, 0.717) is 5.95 Å². The van der Waals surface area contributed by atoms with Crippen LogP contribution in [0.15, 0.2) is 0 Å². The number of nitrogens with zero attached hydrogens (tertiary/aromatic N) is 4. The molecule has 0 amide bonds. The van der Waals surface area contributed by atoms with Crippen molar-refractivity contribution in [2.75, 3.05) is 23.7 Å². The van der Waals surface area contributed by atoms with Gasteiger partial charge in [0.1, 0.15) is 5.82 Å². The monoisotopic (exact) mass is 221 g/mol. The largest absolute Gasteiger partial charge is 0.368 e. The van der Waals surface area contributed by atoms with E-state index in [-0.39, 0.29) is 0 Å². The summed E-state index contributed by atoms with van der Waals surface area (Å²) < 4.78 is 0. The minimum atomic E-state index is 0.346. The summed E-state index contributed by atoms with van der Waals surface area (Å²) in [5.41, 5.74) is 5.71. The highest BCUT2D eigenvalue weighted by Crippen LogP contribution is 2.16. The molecule has 1 aromatic heterocycles. The molecular formula is C11H19N5. The fourth-order valence-electron chi connectivity index (χ4n) is 2.00. The summed E-state index contributed by atoms with van der Waals surface area (Å²) in [5.74, 6) is 1.92. The number of hydrogen-bond donors (Lipinski definition) is 1. The molecule has 1 aromatic rings. The summed E-state index contributed by atoms with van der Waals surface area (Å²) in [6.07, 6.45) is 5.64. The van der Waals surface area contributed by atoms with Gasteiger partial charge in [0.2, 0.25) is 11.9 Å². The summed E-state index contributed by atoms with van der Waals surface area (Å²) in [6.45, 7) is 4.19. The Bertz CT molecular complexity index is 346. The van der Waals surface area contributed by atoms with E-state index in [9.17, 15) is 0 Å². The van der Waals surface area contributed by atoms with Crippen molar-refractivity contribution in [3.05, 3.63) is 5.82 Å². The summed E-state index contributed by atoms with van der Waals surface area (Å²) in [6, 6.07) is 0. The molecule has 1 saturated heterocycles. The Balaban J connectivity index is 2.18. The molecule has 0 aromatic carbocycles. The lowest BCUT2D eigenvalue weighted by Gasteiger charge is -2.26. The highest BCUT2D eigenvalue weighted by atomic mass is 15.3. The van der Waals surface area contributed by atoms with Crippen molar-refractivity contribution in [3.8, 4) is 0 Å². The first-order chi connectivity index (χ1) is 7.79. The third-order valence-corrected chi connectivity index (χ3v) is 2.80. The van der Waals surface area contributed by atoms with Crippen LogP contribution in [0.1, 0.15) is 38.4 Å². The molecule has 0 radical (unpaired) electrons. The second-order valence-electron chi connectivity index (χ2n) is 4.21. The van der Waals surface area contributed by atoms with Gasteiger partial charge in [-0.3, -0.25) is 0 Å². The van der Waals surface area contributed by atoms with Crippen LogP contribution in [-0.4, -0.2) is 28.0 Å². The highest BCUT2D eigenvalue weighted by molar-refractivity contribution is 5.35. The van der Waals surface area contributed by atoms with Crippen molar-refractivity contribution in [2.24, 2.45) is 0 Å². The third-order valence-electron chi connectivity index (χ3n) is 2.80. The number of nitrogens with two attached hydrogens (primary N) is 1. The summed E-state index contributed by atoms with van der Waals surface area (Å²) >= 11 is 0. The van der Waals surface area contributed by atoms with Crippen LogP contribution in [0.2, 0.25) is 0 Å². The zero-order valence-corrected chi connectivity index (χ0v) is 9.82. The van der Waals surface area contributed by atoms with Crippen LogP contribution in [0, 0.1) is 0 Å². The standard InChI is InChI=1S/C11H19N5/c1-2-6-9-13-10(12)15-11(14-9)16-7-4-3-5-8-16/h2-8H2,1H3,(H2,12,13,14,15). The predicted molar refractivity (Wildman–Crippen MR) is 64.3 cm³/mol.